The molecule has 0 aromatic carbocycles. The summed E-state index contributed by atoms with van der Waals surface area (Å²) in [5.41, 5.74) is 2.02. The maximum Gasteiger partial charge on any atom is 0.509 e. The van der Waals surface area contributed by atoms with Crippen LogP contribution in [0.3, 0.4) is 0 Å². The second-order valence-corrected chi connectivity index (χ2v) is 3.52. The fourth-order valence-electron chi connectivity index (χ4n) is 0.890. The normalized spacial score (nSPS) is 10.6. The van der Waals surface area contributed by atoms with Gasteiger partial charge in [0.05, 0.1) is 11.1 Å². The van der Waals surface area contributed by atoms with E-state index in [-0.39, 0.29) is 0 Å². The average molecular weight is 171 g/mol. The Morgan fingerprint density at radius 2 is 2.18 bits per heavy atom. The van der Waals surface area contributed by atoms with Gasteiger partial charge in [-0.1, -0.05) is 13.8 Å². The van der Waals surface area contributed by atoms with E-state index in [2.05, 4.69) is 4.98 Å². The van der Waals surface area contributed by atoms with Crippen molar-refractivity contribution in [3.63, 3.8) is 0 Å². The molecule has 1 heterocycles. The van der Waals surface area contributed by atoms with Gasteiger partial charge in [0.15, 0.2) is 0 Å². The van der Waals surface area contributed by atoms with E-state index in [1.54, 1.807) is 5.51 Å². The first-order valence-electron chi connectivity index (χ1n) is 3.42. The molecule has 11 heavy (non-hydrogen) atoms. The van der Waals surface area contributed by atoms with Gasteiger partial charge in [0.25, 0.3) is 0 Å². The molecule has 0 amide bonds. The van der Waals surface area contributed by atoms with E-state index in [4.69, 9.17) is 10.0 Å². The zero-order chi connectivity index (χ0) is 8.43. The van der Waals surface area contributed by atoms with E-state index in [0.717, 1.165) is 4.88 Å². The highest BCUT2D eigenvalue weighted by molar-refractivity contribution is 7.11. The number of rotatable bonds is 2. The Bertz CT molecular complexity index is 214. The first-order valence-corrected chi connectivity index (χ1v) is 4.30. The summed E-state index contributed by atoms with van der Waals surface area (Å²) in [7, 11) is -1.43. The summed E-state index contributed by atoms with van der Waals surface area (Å²) in [5.74, 6) is 0.305. The zero-order valence-electron chi connectivity index (χ0n) is 6.48. The summed E-state index contributed by atoms with van der Waals surface area (Å²) in [6.07, 6.45) is 0. The largest absolute Gasteiger partial charge is 0.509 e. The highest BCUT2D eigenvalue weighted by Gasteiger charge is 2.20. The van der Waals surface area contributed by atoms with Gasteiger partial charge in [0.1, 0.15) is 0 Å². The van der Waals surface area contributed by atoms with Gasteiger partial charge in [-0.2, -0.15) is 0 Å². The molecule has 0 fully saturated rings. The summed E-state index contributed by atoms with van der Waals surface area (Å²) in [6, 6.07) is 0. The minimum absolute atomic E-state index is 0.305. The van der Waals surface area contributed by atoms with E-state index >= 15 is 0 Å². The van der Waals surface area contributed by atoms with Gasteiger partial charge in [0, 0.05) is 4.88 Å². The van der Waals surface area contributed by atoms with Crippen LogP contribution >= 0.6 is 11.3 Å². The van der Waals surface area contributed by atoms with Crippen molar-refractivity contribution in [2.75, 3.05) is 0 Å². The van der Waals surface area contributed by atoms with E-state index in [1.165, 1.54) is 11.3 Å². The number of nitrogens with zero attached hydrogens (tertiary/aromatic N) is 1. The molecule has 0 spiro atoms. The standard InChI is InChI=1S/C6H10BNO2S/c1-4(2)5-6(7(9)10)8-3-11-5/h3-4,9-10H,1-2H3. The molecule has 0 aliphatic carbocycles. The lowest BCUT2D eigenvalue weighted by Crippen LogP contribution is -2.33. The summed E-state index contributed by atoms with van der Waals surface area (Å²) in [5, 5.41) is 17.7. The molecule has 0 unspecified atom stereocenters. The predicted octanol–water partition coefficient (Wildman–Crippen LogP) is -0.0537. The first kappa shape index (κ1) is 8.71. The molecule has 0 atom stereocenters. The molecule has 0 aliphatic rings. The summed E-state index contributed by atoms with van der Waals surface area (Å²) in [6.45, 7) is 4.00. The lowest BCUT2D eigenvalue weighted by atomic mass is 9.83. The highest BCUT2D eigenvalue weighted by atomic mass is 32.1. The molecule has 3 nitrogen and oxygen atoms in total. The molecule has 0 saturated carbocycles. The van der Waals surface area contributed by atoms with Crippen LogP contribution in [0.2, 0.25) is 0 Å². The van der Waals surface area contributed by atoms with Crippen LogP contribution in [0.15, 0.2) is 5.51 Å². The van der Waals surface area contributed by atoms with Crippen LogP contribution in [0.4, 0.5) is 0 Å². The zero-order valence-corrected chi connectivity index (χ0v) is 7.30. The third kappa shape index (κ3) is 1.80. The second kappa shape index (κ2) is 3.34. The van der Waals surface area contributed by atoms with E-state index < -0.39 is 7.12 Å². The van der Waals surface area contributed by atoms with E-state index in [0.29, 0.717) is 11.5 Å². The lowest BCUT2D eigenvalue weighted by molar-refractivity contribution is 0.424. The van der Waals surface area contributed by atoms with Gasteiger partial charge in [-0.25, -0.2) is 0 Å². The van der Waals surface area contributed by atoms with Crippen LogP contribution in [0.1, 0.15) is 24.6 Å². The van der Waals surface area contributed by atoms with Crippen molar-refractivity contribution in [2.24, 2.45) is 0 Å². The van der Waals surface area contributed by atoms with E-state index in [9.17, 15) is 0 Å². The van der Waals surface area contributed by atoms with Gasteiger partial charge in [-0.05, 0) is 5.92 Å². The quantitative estimate of drug-likeness (QED) is 0.613. The highest BCUT2D eigenvalue weighted by Crippen LogP contribution is 2.16. The molecular formula is C6H10BNO2S. The molecular weight excluding hydrogens is 161 g/mol. The Hall–Kier alpha value is -0.385. The van der Waals surface area contributed by atoms with Crippen molar-refractivity contribution < 1.29 is 10.0 Å². The number of hydrogen-bond donors (Lipinski definition) is 2. The fourth-order valence-corrected chi connectivity index (χ4v) is 1.72. The number of hydrogen-bond acceptors (Lipinski definition) is 4. The molecule has 1 aromatic rings. The third-order valence-electron chi connectivity index (χ3n) is 1.39. The Morgan fingerprint density at radius 1 is 1.55 bits per heavy atom. The molecule has 0 radical (unpaired) electrons. The van der Waals surface area contributed by atoms with Crippen LogP contribution < -0.4 is 5.59 Å². The fraction of sp³-hybridized carbons (Fsp3) is 0.500. The third-order valence-corrected chi connectivity index (χ3v) is 2.54. The maximum absolute atomic E-state index is 8.84. The minimum Gasteiger partial charge on any atom is -0.422 e. The monoisotopic (exact) mass is 171 g/mol. The maximum atomic E-state index is 8.84. The minimum atomic E-state index is -1.43. The number of thiazole rings is 1. The Kier molecular flexibility index (Phi) is 2.65. The molecule has 0 saturated heterocycles. The topological polar surface area (TPSA) is 53.4 Å². The average Bonchev–Trinajstić information content (AvgIpc) is 2.32. The first-order chi connectivity index (χ1) is 5.13. The van der Waals surface area contributed by atoms with Crippen LogP contribution in [0, 0.1) is 0 Å². The molecule has 5 heteroatoms. The van der Waals surface area contributed by atoms with Gasteiger partial charge in [-0.3, -0.25) is 4.98 Å². The summed E-state index contributed by atoms with van der Waals surface area (Å²) >= 11 is 1.45. The van der Waals surface area contributed by atoms with Crippen LogP contribution in [-0.4, -0.2) is 22.2 Å². The molecule has 60 valence electrons. The van der Waals surface area contributed by atoms with Crippen molar-refractivity contribution in [1.29, 1.82) is 0 Å². The SMILES string of the molecule is CC(C)c1scnc1B(O)O. The Morgan fingerprint density at radius 3 is 2.55 bits per heavy atom. The van der Waals surface area contributed by atoms with Crippen molar-refractivity contribution in [3.8, 4) is 0 Å². The molecule has 0 aliphatic heterocycles. The van der Waals surface area contributed by atoms with Crippen molar-refractivity contribution in [1.82, 2.24) is 4.98 Å². The van der Waals surface area contributed by atoms with Crippen molar-refractivity contribution in [2.45, 2.75) is 19.8 Å². The smallest absolute Gasteiger partial charge is 0.422 e. The number of aromatic nitrogens is 1. The predicted molar refractivity (Wildman–Crippen MR) is 46.0 cm³/mol. The second-order valence-electron chi connectivity index (χ2n) is 2.63. The van der Waals surface area contributed by atoms with Crippen molar-refractivity contribution >= 4 is 24.0 Å². The van der Waals surface area contributed by atoms with Gasteiger partial charge >= 0.3 is 7.12 Å². The molecule has 1 rings (SSSR count). The van der Waals surface area contributed by atoms with Crippen LogP contribution in [0.25, 0.3) is 0 Å². The van der Waals surface area contributed by atoms with Gasteiger partial charge < -0.3 is 10.0 Å². The molecule has 2 N–H and O–H groups in total. The van der Waals surface area contributed by atoms with Gasteiger partial charge in [0.2, 0.25) is 0 Å². The Balaban J connectivity index is 2.96. The molecule has 0 bridgehead atoms. The molecule has 1 aromatic heterocycles. The summed E-state index contributed by atoms with van der Waals surface area (Å²) < 4.78 is 0. The lowest BCUT2D eigenvalue weighted by Gasteiger charge is -2.02. The summed E-state index contributed by atoms with van der Waals surface area (Å²) in [4.78, 5) is 4.80. The van der Waals surface area contributed by atoms with Crippen molar-refractivity contribution in [3.05, 3.63) is 10.4 Å². The Labute approximate surface area is 69.9 Å². The van der Waals surface area contributed by atoms with Crippen LogP contribution in [0.5, 0.6) is 0 Å². The van der Waals surface area contributed by atoms with Crippen LogP contribution in [-0.2, 0) is 0 Å². The van der Waals surface area contributed by atoms with E-state index in [1.807, 2.05) is 13.8 Å². The van der Waals surface area contributed by atoms with Gasteiger partial charge in [-0.15, -0.1) is 11.3 Å².